The topological polar surface area (TPSA) is 56.8 Å². The van der Waals surface area contributed by atoms with Crippen molar-refractivity contribution >= 4 is 34.3 Å². The molecule has 1 N–H and O–H groups in total. The fourth-order valence-electron chi connectivity index (χ4n) is 2.56. The van der Waals surface area contributed by atoms with Gasteiger partial charge in [0, 0.05) is 17.1 Å². The normalized spacial score (nSPS) is 11.3. The molecule has 0 saturated carbocycles. The Bertz CT molecular complexity index is 743. The summed E-state index contributed by atoms with van der Waals surface area (Å²) in [5, 5.41) is 3.51. The molecule has 0 amide bonds. The van der Waals surface area contributed by atoms with E-state index in [1.807, 2.05) is 37.3 Å². The van der Waals surface area contributed by atoms with Gasteiger partial charge in [0.05, 0.1) is 13.2 Å². The van der Waals surface area contributed by atoms with Crippen LogP contribution in [0.4, 0.5) is 0 Å². The van der Waals surface area contributed by atoms with Crippen molar-refractivity contribution in [2.24, 2.45) is 0 Å². The number of nitrogens with one attached hydrogen (secondary N) is 1. The van der Waals surface area contributed by atoms with Gasteiger partial charge in [0.1, 0.15) is 0 Å². The average Bonchev–Trinajstić information content (AvgIpc) is 2.67. The van der Waals surface area contributed by atoms with Crippen molar-refractivity contribution in [2.75, 3.05) is 19.8 Å². The van der Waals surface area contributed by atoms with Gasteiger partial charge in [-0.15, -0.1) is 12.4 Å². The van der Waals surface area contributed by atoms with Crippen LogP contribution < -0.4 is 14.8 Å². The molecule has 0 aliphatic carbocycles. The first-order valence-corrected chi connectivity index (χ1v) is 9.86. The molecule has 0 aliphatic rings. The zero-order valence-electron chi connectivity index (χ0n) is 16.4. The van der Waals surface area contributed by atoms with Crippen molar-refractivity contribution in [2.45, 2.75) is 33.4 Å². The van der Waals surface area contributed by atoms with Gasteiger partial charge in [0.2, 0.25) is 0 Å². The standard InChI is InChI=1S/C21H26BrNO4.ClH/c1-4-25-19-11-17(13-23-15(3)16-9-7-6-8-10-16)18(22)12-20(19)27-14-21(24)26-5-2;/h6-12,15,23H,4-5,13-14H2,1-3H3;1H. The molecule has 0 aromatic heterocycles. The van der Waals surface area contributed by atoms with Crippen LogP contribution in [0.3, 0.4) is 0 Å². The molecule has 0 bridgehead atoms. The van der Waals surface area contributed by atoms with E-state index in [9.17, 15) is 4.79 Å². The third-order valence-corrected chi connectivity index (χ3v) is 4.70. The lowest BCUT2D eigenvalue weighted by molar-refractivity contribution is -0.145. The number of esters is 1. The molecule has 7 heteroatoms. The second-order valence-electron chi connectivity index (χ2n) is 5.93. The van der Waals surface area contributed by atoms with Crippen LogP contribution in [0, 0.1) is 0 Å². The molecule has 2 rings (SSSR count). The third kappa shape index (κ3) is 7.34. The van der Waals surface area contributed by atoms with Gasteiger partial charge in [-0.1, -0.05) is 46.3 Å². The summed E-state index contributed by atoms with van der Waals surface area (Å²) in [4.78, 5) is 11.5. The highest BCUT2D eigenvalue weighted by molar-refractivity contribution is 9.10. The molecule has 0 aliphatic heterocycles. The molecule has 1 atom stereocenters. The van der Waals surface area contributed by atoms with Crippen LogP contribution in [0.2, 0.25) is 0 Å². The highest BCUT2D eigenvalue weighted by atomic mass is 79.9. The highest BCUT2D eigenvalue weighted by Crippen LogP contribution is 2.34. The summed E-state index contributed by atoms with van der Waals surface area (Å²) in [5.74, 6) is 0.712. The van der Waals surface area contributed by atoms with E-state index >= 15 is 0 Å². The van der Waals surface area contributed by atoms with Gasteiger partial charge < -0.3 is 19.5 Å². The molecule has 2 aromatic carbocycles. The van der Waals surface area contributed by atoms with Crippen molar-refractivity contribution in [3.8, 4) is 11.5 Å². The molecule has 28 heavy (non-hydrogen) atoms. The summed E-state index contributed by atoms with van der Waals surface area (Å²) >= 11 is 3.58. The zero-order valence-corrected chi connectivity index (χ0v) is 18.8. The number of ether oxygens (including phenoxy) is 3. The largest absolute Gasteiger partial charge is 0.490 e. The number of benzene rings is 2. The SMILES string of the molecule is CCOC(=O)COc1cc(Br)c(CNC(C)c2ccccc2)cc1OCC.Cl. The Hall–Kier alpha value is -1.76. The van der Waals surface area contributed by atoms with Gasteiger partial charge >= 0.3 is 5.97 Å². The lowest BCUT2D eigenvalue weighted by Crippen LogP contribution is -2.18. The molecule has 0 fully saturated rings. The molecule has 1 unspecified atom stereocenters. The van der Waals surface area contributed by atoms with Crippen LogP contribution >= 0.6 is 28.3 Å². The zero-order chi connectivity index (χ0) is 19.6. The number of halogens is 2. The molecule has 2 aromatic rings. The average molecular weight is 473 g/mol. The van der Waals surface area contributed by atoms with Crippen molar-refractivity contribution in [3.05, 3.63) is 58.1 Å². The predicted octanol–water partition coefficient (Wildman–Crippen LogP) is 5.06. The molecule has 5 nitrogen and oxygen atoms in total. The van der Waals surface area contributed by atoms with E-state index < -0.39 is 5.97 Å². The third-order valence-electron chi connectivity index (χ3n) is 3.96. The van der Waals surface area contributed by atoms with E-state index in [0.29, 0.717) is 31.3 Å². The van der Waals surface area contributed by atoms with Gasteiger partial charge in [0.15, 0.2) is 18.1 Å². The van der Waals surface area contributed by atoms with E-state index in [1.165, 1.54) is 5.56 Å². The summed E-state index contributed by atoms with van der Waals surface area (Å²) < 4.78 is 17.1. The second-order valence-corrected chi connectivity index (χ2v) is 6.78. The Kier molecular flexibility index (Phi) is 11.0. The first-order chi connectivity index (χ1) is 13.0. The predicted molar refractivity (Wildman–Crippen MR) is 116 cm³/mol. The lowest BCUT2D eigenvalue weighted by atomic mass is 10.1. The van der Waals surface area contributed by atoms with Crippen molar-refractivity contribution in [1.82, 2.24) is 5.32 Å². The van der Waals surface area contributed by atoms with Gasteiger partial charge in [-0.25, -0.2) is 4.79 Å². The Labute approximate surface area is 181 Å². The van der Waals surface area contributed by atoms with Gasteiger partial charge in [0.25, 0.3) is 0 Å². The van der Waals surface area contributed by atoms with Crippen LogP contribution in [0.5, 0.6) is 11.5 Å². The van der Waals surface area contributed by atoms with Crippen molar-refractivity contribution < 1.29 is 19.0 Å². The first kappa shape index (κ1) is 24.3. The molecular weight excluding hydrogens is 446 g/mol. The smallest absolute Gasteiger partial charge is 0.344 e. The van der Waals surface area contributed by atoms with Crippen molar-refractivity contribution in [1.29, 1.82) is 0 Å². The lowest BCUT2D eigenvalue weighted by Gasteiger charge is -2.17. The van der Waals surface area contributed by atoms with Crippen LogP contribution in [0.25, 0.3) is 0 Å². The van der Waals surface area contributed by atoms with E-state index in [0.717, 1.165) is 10.0 Å². The molecule has 0 saturated heterocycles. The number of hydrogen-bond donors (Lipinski definition) is 1. The monoisotopic (exact) mass is 471 g/mol. The van der Waals surface area contributed by atoms with Gasteiger partial charge in [-0.2, -0.15) is 0 Å². The molecule has 0 radical (unpaired) electrons. The summed E-state index contributed by atoms with van der Waals surface area (Å²) in [6.07, 6.45) is 0. The summed E-state index contributed by atoms with van der Waals surface area (Å²) in [6.45, 7) is 7.14. The maximum Gasteiger partial charge on any atom is 0.344 e. The van der Waals surface area contributed by atoms with Crippen LogP contribution in [-0.2, 0) is 16.1 Å². The van der Waals surface area contributed by atoms with Crippen LogP contribution in [0.15, 0.2) is 46.9 Å². The minimum absolute atomic E-state index is 0. The Morgan fingerprint density at radius 2 is 1.75 bits per heavy atom. The molecule has 154 valence electrons. The summed E-state index contributed by atoms with van der Waals surface area (Å²) in [7, 11) is 0. The Balaban J connectivity index is 0.00000392. The Morgan fingerprint density at radius 3 is 2.39 bits per heavy atom. The highest BCUT2D eigenvalue weighted by Gasteiger charge is 2.14. The second kappa shape index (κ2) is 12.6. The summed E-state index contributed by atoms with van der Waals surface area (Å²) in [6, 6.07) is 14.3. The summed E-state index contributed by atoms with van der Waals surface area (Å²) in [5.41, 5.74) is 2.28. The number of hydrogen-bond acceptors (Lipinski definition) is 5. The minimum atomic E-state index is -0.404. The fraction of sp³-hybridized carbons (Fsp3) is 0.381. The molecule has 0 spiro atoms. The Morgan fingerprint density at radius 1 is 1.07 bits per heavy atom. The van der Waals surface area contributed by atoms with Crippen LogP contribution in [0.1, 0.15) is 37.9 Å². The molecular formula is C21H27BrClNO4. The maximum absolute atomic E-state index is 11.5. The fourth-order valence-corrected chi connectivity index (χ4v) is 3.02. The van der Waals surface area contributed by atoms with Crippen molar-refractivity contribution in [3.63, 3.8) is 0 Å². The number of rotatable bonds is 10. The maximum atomic E-state index is 11.5. The van der Waals surface area contributed by atoms with E-state index in [1.54, 1.807) is 6.92 Å². The first-order valence-electron chi connectivity index (χ1n) is 9.07. The van der Waals surface area contributed by atoms with Gasteiger partial charge in [-0.05, 0) is 44.0 Å². The van der Waals surface area contributed by atoms with E-state index in [2.05, 4.69) is 40.3 Å². The van der Waals surface area contributed by atoms with E-state index in [-0.39, 0.29) is 25.1 Å². The van der Waals surface area contributed by atoms with E-state index in [4.69, 9.17) is 14.2 Å². The minimum Gasteiger partial charge on any atom is -0.490 e. The van der Waals surface area contributed by atoms with Gasteiger partial charge in [-0.3, -0.25) is 0 Å². The number of carbonyl (C=O) groups is 1. The quantitative estimate of drug-likeness (QED) is 0.490. The number of carbonyl (C=O) groups excluding carboxylic acids is 1. The van der Waals surface area contributed by atoms with Crippen LogP contribution in [-0.4, -0.2) is 25.8 Å². The molecule has 0 heterocycles.